The highest BCUT2D eigenvalue weighted by atomic mass is 16.5. The molecular formula is C12H13NO4. The van der Waals surface area contributed by atoms with Crippen molar-refractivity contribution in [1.29, 1.82) is 0 Å². The number of esters is 1. The molecule has 0 aliphatic rings. The van der Waals surface area contributed by atoms with Crippen molar-refractivity contribution >= 4 is 22.8 Å². The standard InChI is InChI=1S/C12H13NO4/c1-5-6(2)10-7(4-8(5)14)9(11(13)17-10)12(15)16-3/h4,14H,13H2,1-3H3. The first kappa shape index (κ1) is 11.3. The second kappa shape index (κ2) is 3.69. The van der Waals surface area contributed by atoms with E-state index in [2.05, 4.69) is 4.74 Å². The zero-order chi connectivity index (χ0) is 12.7. The van der Waals surface area contributed by atoms with Gasteiger partial charge in [-0.25, -0.2) is 4.79 Å². The highest BCUT2D eigenvalue weighted by molar-refractivity contribution is 6.08. The number of phenolic OH excluding ortho intramolecular Hbond substituents is 1. The van der Waals surface area contributed by atoms with Crippen molar-refractivity contribution in [3.8, 4) is 5.75 Å². The number of carbonyl (C=O) groups excluding carboxylic acids is 1. The Labute approximate surface area is 97.8 Å². The third kappa shape index (κ3) is 1.51. The summed E-state index contributed by atoms with van der Waals surface area (Å²) >= 11 is 0. The maximum Gasteiger partial charge on any atom is 0.344 e. The Morgan fingerprint density at radius 3 is 2.65 bits per heavy atom. The van der Waals surface area contributed by atoms with Gasteiger partial charge in [-0.15, -0.1) is 0 Å². The molecule has 0 atom stereocenters. The van der Waals surface area contributed by atoms with Crippen LogP contribution in [0.3, 0.4) is 0 Å². The van der Waals surface area contributed by atoms with Crippen LogP contribution >= 0.6 is 0 Å². The number of hydrogen-bond donors (Lipinski definition) is 2. The lowest BCUT2D eigenvalue weighted by Gasteiger charge is -2.03. The van der Waals surface area contributed by atoms with Crippen LogP contribution in [0.1, 0.15) is 21.5 Å². The number of phenols is 1. The van der Waals surface area contributed by atoms with E-state index in [4.69, 9.17) is 10.2 Å². The fourth-order valence-corrected chi connectivity index (χ4v) is 1.80. The third-order valence-electron chi connectivity index (χ3n) is 2.93. The van der Waals surface area contributed by atoms with Crippen LogP contribution in [-0.4, -0.2) is 18.2 Å². The highest BCUT2D eigenvalue weighted by Crippen LogP contribution is 2.36. The van der Waals surface area contributed by atoms with Crippen LogP contribution in [-0.2, 0) is 4.74 Å². The van der Waals surface area contributed by atoms with Crippen molar-refractivity contribution in [2.24, 2.45) is 0 Å². The van der Waals surface area contributed by atoms with Gasteiger partial charge in [0, 0.05) is 5.39 Å². The number of rotatable bonds is 1. The average Bonchev–Trinajstić information content (AvgIpc) is 2.62. The first-order chi connectivity index (χ1) is 7.97. The largest absolute Gasteiger partial charge is 0.508 e. The van der Waals surface area contributed by atoms with Crippen LogP contribution in [0.4, 0.5) is 5.88 Å². The van der Waals surface area contributed by atoms with Crippen molar-refractivity contribution in [1.82, 2.24) is 0 Å². The summed E-state index contributed by atoms with van der Waals surface area (Å²) in [4.78, 5) is 11.6. The van der Waals surface area contributed by atoms with Crippen molar-refractivity contribution in [3.05, 3.63) is 22.8 Å². The number of furan rings is 1. The van der Waals surface area contributed by atoms with Crippen molar-refractivity contribution in [2.75, 3.05) is 12.8 Å². The van der Waals surface area contributed by atoms with Gasteiger partial charge in [0.25, 0.3) is 0 Å². The van der Waals surface area contributed by atoms with E-state index in [9.17, 15) is 9.90 Å². The van der Waals surface area contributed by atoms with Crippen molar-refractivity contribution < 1.29 is 19.1 Å². The summed E-state index contributed by atoms with van der Waals surface area (Å²) in [5.41, 5.74) is 7.75. The van der Waals surface area contributed by atoms with Crippen LogP contribution in [0.15, 0.2) is 10.5 Å². The summed E-state index contributed by atoms with van der Waals surface area (Å²) < 4.78 is 9.99. The number of hydrogen-bond acceptors (Lipinski definition) is 5. The third-order valence-corrected chi connectivity index (χ3v) is 2.93. The normalized spacial score (nSPS) is 10.8. The summed E-state index contributed by atoms with van der Waals surface area (Å²) in [6, 6.07) is 1.46. The molecule has 5 heteroatoms. The van der Waals surface area contributed by atoms with Crippen LogP contribution in [0.2, 0.25) is 0 Å². The van der Waals surface area contributed by atoms with E-state index in [1.54, 1.807) is 13.8 Å². The molecule has 1 aromatic carbocycles. The second-order valence-corrected chi connectivity index (χ2v) is 3.86. The van der Waals surface area contributed by atoms with Gasteiger partial charge >= 0.3 is 5.97 Å². The van der Waals surface area contributed by atoms with E-state index in [1.807, 2.05) is 0 Å². The molecule has 3 N–H and O–H groups in total. The SMILES string of the molecule is COC(=O)c1c(N)oc2c(C)c(C)c(O)cc12. The monoisotopic (exact) mass is 235 g/mol. The lowest BCUT2D eigenvalue weighted by molar-refractivity contribution is 0.0603. The molecule has 2 rings (SSSR count). The summed E-state index contributed by atoms with van der Waals surface area (Å²) in [5.74, 6) is -0.482. The van der Waals surface area contributed by atoms with Gasteiger partial charge in [0.05, 0.1) is 7.11 Å². The number of fused-ring (bicyclic) bond motifs is 1. The zero-order valence-electron chi connectivity index (χ0n) is 9.83. The minimum Gasteiger partial charge on any atom is -0.508 e. The van der Waals surface area contributed by atoms with Gasteiger partial charge in [0.1, 0.15) is 16.9 Å². The Hall–Kier alpha value is -2.17. The van der Waals surface area contributed by atoms with Crippen LogP contribution in [0, 0.1) is 13.8 Å². The molecule has 0 aliphatic carbocycles. The number of anilines is 1. The number of nitrogen functional groups attached to an aromatic ring is 1. The molecule has 0 amide bonds. The molecule has 0 radical (unpaired) electrons. The van der Waals surface area contributed by atoms with Crippen LogP contribution in [0.5, 0.6) is 5.75 Å². The predicted molar refractivity (Wildman–Crippen MR) is 63.1 cm³/mol. The second-order valence-electron chi connectivity index (χ2n) is 3.86. The fraction of sp³-hybridized carbons (Fsp3) is 0.250. The molecular weight excluding hydrogens is 222 g/mol. The topological polar surface area (TPSA) is 85.7 Å². The van der Waals surface area contributed by atoms with Gasteiger partial charge in [-0.2, -0.15) is 0 Å². The predicted octanol–water partition coefficient (Wildman–Crippen LogP) is 2.12. The summed E-state index contributed by atoms with van der Waals surface area (Å²) in [6.07, 6.45) is 0. The Morgan fingerprint density at radius 2 is 2.06 bits per heavy atom. The smallest absolute Gasteiger partial charge is 0.344 e. The van der Waals surface area contributed by atoms with Gasteiger partial charge in [-0.05, 0) is 31.0 Å². The molecule has 0 aliphatic heterocycles. The first-order valence-corrected chi connectivity index (χ1v) is 5.06. The van der Waals surface area contributed by atoms with Crippen LogP contribution < -0.4 is 5.73 Å². The first-order valence-electron chi connectivity index (χ1n) is 5.06. The summed E-state index contributed by atoms with van der Waals surface area (Å²) in [6.45, 7) is 3.56. The number of aromatic hydroxyl groups is 1. The minimum absolute atomic E-state index is 0.0000463. The molecule has 0 bridgehead atoms. The van der Waals surface area contributed by atoms with E-state index >= 15 is 0 Å². The maximum absolute atomic E-state index is 11.6. The molecule has 90 valence electrons. The molecule has 0 fully saturated rings. The quantitative estimate of drug-likeness (QED) is 0.739. The molecule has 5 nitrogen and oxygen atoms in total. The van der Waals surface area contributed by atoms with E-state index in [0.717, 1.165) is 5.56 Å². The zero-order valence-corrected chi connectivity index (χ0v) is 9.83. The molecule has 0 saturated heterocycles. The van der Waals surface area contributed by atoms with Gasteiger partial charge in [0.15, 0.2) is 0 Å². The molecule has 17 heavy (non-hydrogen) atoms. The van der Waals surface area contributed by atoms with Crippen LogP contribution in [0.25, 0.3) is 11.0 Å². The number of ether oxygens (including phenoxy) is 1. The number of methoxy groups -OCH3 is 1. The minimum atomic E-state index is -0.580. The van der Waals surface area contributed by atoms with E-state index in [0.29, 0.717) is 16.5 Å². The van der Waals surface area contributed by atoms with Gasteiger partial charge in [0.2, 0.25) is 5.88 Å². The number of aryl methyl sites for hydroxylation is 1. The summed E-state index contributed by atoms with van der Waals surface area (Å²) in [7, 11) is 1.27. The maximum atomic E-state index is 11.6. The molecule has 1 aromatic heterocycles. The van der Waals surface area contributed by atoms with Crippen molar-refractivity contribution in [3.63, 3.8) is 0 Å². The Balaban J connectivity index is 2.88. The average molecular weight is 235 g/mol. The molecule has 2 aromatic rings. The molecule has 0 spiro atoms. The van der Waals surface area contributed by atoms with E-state index < -0.39 is 5.97 Å². The number of nitrogens with two attached hydrogens (primary N) is 1. The lowest BCUT2D eigenvalue weighted by atomic mass is 10.0. The number of carbonyl (C=O) groups is 1. The van der Waals surface area contributed by atoms with Gasteiger partial charge < -0.3 is 20.0 Å². The van der Waals surface area contributed by atoms with Crippen molar-refractivity contribution in [2.45, 2.75) is 13.8 Å². The highest BCUT2D eigenvalue weighted by Gasteiger charge is 2.22. The summed E-state index contributed by atoms with van der Waals surface area (Å²) in [5, 5.41) is 10.2. The number of benzene rings is 1. The van der Waals surface area contributed by atoms with E-state index in [1.165, 1.54) is 13.2 Å². The Morgan fingerprint density at radius 1 is 1.41 bits per heavy atom. The molecule has 0 unspecified atom stereocenters. The Kier molecular flexibility index (Phi) is 2.46. The van der Waals surface area contributed by atoms with E-state index in [-0.39, 0.29) is 17.2 Å². The molecule has 1 heterocycles. The van der Waals surface area contributed by atoms with Gasteiger partial charge in [-0.1, -0.05) is 0 Å². The Bertz CT molecular complexity index is 613. The fourth-order valence-electron chi connectivity index (χ4n) is 1.80. The lowest BCUT2D eigenvalue weighted by Crippen LogP contribution is -2.03. The molecule has 0 saturated carbocycles. The van der Waals surface area contributed by atoms with Gasteiger partial charge in [-0.3, -0.25) is 0 Å².